The molecule has 3 heterocycles. The standard InChI is InChI=1S/C34H43N7O3/c1-6-30(42)40-17-15-24(16-18-40)32(43)37-26-14-10-13-25(19-26)36-31-27-21-41(34(2,3)28(27)20-35-31)33(44)38-29(22-39(4)5)23-11-8-7-9-12-23/h6-14,19,24,29H,1,15-18,20-22H2,2-5H3,(H,35,36)(H,37,43)(H,38,44)/t29-/m1/s1. The highest BCUT2D eigenvalue weighted by Gasteiger charge is 2.45. The van der Waals surface area contributed by atoms with Crippen LogP contribution in [0.1, 0.15) is 38.3 Å². The van der Waals surface area contributed by atoms with E-state index in [1.165, 1.54) is 6.08 Å². The lowest BCUT2D eigenvalue weighted by atomic mass is 9.94. The predicted molar refractivity (Wildman–Crippen MR) is 175 cm³/mol. The molecule has 1 fully saturated rings. The van der Waals surface area contributed by atoms with Crippen molar-refractivity contribution in [3.05, 3.63) is 84.0 Å². The van der Waals surface area contributed by atoms with Gasteiger partial charge < -0.3 is 30.7 Å². The minimum atomic E-state index is -0.493. The number of benzene rings is 2. The van der Waals surface area contributed by atoms with Crippen molar-refractivity contribution in [3.63, 3.8) is 0 Å². The largest absolute Gasteiger partial charge is 0.340 e. The van der Waals surface area contributed by atoms with Gasteiger partial charge in [0.15, 0.2) is 0 Å². The summed E-state index contributed by atoms with van der Waals surface area (Å²) >= 11 is 0. The number of urea groups is 1. The average molecular weight is 598 g/mol. The number of hydrogen-bond donors (Lipinski definition) is 3. The number of likely N-dealkylation sites (tertiary alicyclic amines) is 1. The number of carbonyl (C=O) groups excluding carboxylic acids is 3. The number of nitrogens with one attached hydrogen (secondary N) is 3. The van der Waals surface area contributed by atoms with E-state index in [-0.39, 0.29) is 29.8 Å². The van der Waals surface area contributed by atoms with E-state index in [1.54, 1.807) is 4.90 Å². The van der Waals surface area contributed by atoms with E-state index in [0.717, 1.165) is 28.2 Å². The summed E-state index contributed by atoms with van der Waals surface area (Å²) in [6.07, 6.45) is 2.57. The maximum atomic E-state index is 13.7. The Balaban J connectivity index is 1.21. The van der Waals surface area contributed by atoms with E-state index in [4.69, 9.17) is 4.99 Å². The van der Waals surface area contributed by atoms with E-state index in [2.05, 4.69) is 41.3 Å². The van der Waals surface area contributed by atoms with Crippen molar-refractivity contribution in [2.75, 3.05) is 57.5 Å². The van der Waals surface area contributed by atoms with Crippen LogP contribution in [-0.4, -0.2) is 90.7 Å². The number of likely N-dealkylation sites (N-methyl/N-ethyl adjacent to an activating group) is 1. The zero-order valence-electron chi connectivity index (χ0n) is 26.1. The zero-order valence-corrected chi connectivity index (χ0v) is 26.1. The molecule has 10 nitrogen and oxygen atoms in total. The number of hydrogen-bond acceptors (Lipinski definition) is 6. The van der Waals surface area contributed by atoms with Crippen LogP contribution in [0, 0.1) is 5.92 Å². The highest BCUT2D eigenvalue weighted by Crippen LogP contribution is 2.38. The number of nitrogens with zero attached hydrogens (tertiary/aromatic N) is 4. The summed E-state index contributed by atoms with van der Waals surface area (Å²) in [5.41, 5.74) is 4.23. The summed E-state index contributed by atoms with van der Waals surface area (Å²) in [5.74, 6) is 0.465. The predicted octanol–water partition coefficient (Wildman–Crippen LogP) is 4.28. The molecule has 44 heavy (non-hydrogen) atoms. The second kappa shape index (κ2) is 13.1. The van der Waals surface area contributed by atoms with Crippen LogP contribution in [-0.2, 0) is 9.59 Å². The SMILES string of the molecule is C=CC(=O)N1CCC(C(=O)Nc2cccc(NC3=NCC4=C3CN(C(=O)N[C@H](CN(C)C)c3ccccc3)C4(C)C)c2)CC1. The average Bonchev–Trinajstić information content (AvgIpc) is 3.54. The number of rotatable bonds is 8. The lowest BCUT2D eigenvalue weighted by Gasteiger charge is -2.36. The number of carbonyl (C=O) groups is 3. The van der Waals surface area contributed by atoms with Gasteiger partial charge >= 0.3 is 6.03 Å². The summed E-state index contributed by atoms with van der Waals surface area (Å²) in [5, 5.41) is 9.76. The van der Waals surface area contributed by atoms with Crippen LogP contribution in [0.4, 0.5) is 16.2 Å². The second-order valence-corrected chi connectivity index (χ2v) is 12.4. The summed E-state index contributed by atoms with van der Waals surface area (Å²) in [6.45, 7) is 10.5. The number of amides is 4. The minimum absolute atomic E-state index is 0.0432. The van der Waals surface area contributed by atoms with Crippen LogP contribution in [0.5, 0.6) is 0 Å². The molecule has 1 saturated heterocycles. The Morgan fingerprint density at radius 2 is 1.77 bits per heavy atom. The van der Waals surface area contributed by atoms with Crippen molar-refractivity contribution in [2.45, 2.75) is 38.3 Å². The lowest BCUT2D eigenvalue weighted by Crippen LogP contribution is -2.52. The molecule has 0 spiro atoms. The number of anilines is 2. The van der Waals surface area contributed by atoms with E-state index in [0.29, 0.717) is 51.3 Å². The Bertz CT molecular complexity index is 1470. The third kappa shape index (κ3) is 6.70. The highest BCUT2D eigenvalue weighted by molar-refractivity contribution is 6.12. The Morgan fingerprint density at radius 3 is 2.45 bits per heavy atom. The first-order valence-corrected chi connectivity index (χ1v) is 15.2. The van der Waals surface area contributed by atoms with Gasteiger partial charge in [0.2, 0.25) is 11.8 Å². The van der Waals surface area contributed by atoms with Crippen LogP contribution >= 0.6 is 0 Å². The molecule has 1 atom stereocenters. The fourth-order valence-electron chi connectivity index (χ4n) is 6.24. The molecule has 3 aliphatic rings. The fraction of sp³-hybridized carbons (Fsp3) is 0.412. The molecule has 10 heteroatoms. The first-order valence-electron chi connectivity index (χ1n) is 15.2. The molecule has 0 radical (unpaired) electrons. The normalized spacial score (nSPS) is 18.5. The van der Waals surface area contributed by atoms with Gasteiger partial charge in [-0.25, -0.2) is 4.79 Å². The molecule has 0 bridgehead atoms. The van der Waals surface area contributed by atoms with Crippen molar-refractivity contribution >= 4 is 35.1 Å². The molecule has 0 aromatic heterocycles. The monoisotopic (exact) mass is 597 g/mol. The van der Waals surface area contributed by atoms with Gasteiger partial charge in [-0.15, -0.1) is 0 Å². The van der Waals surface area contributed by atoms with Crippen molar-refractivity contribution in [2.24, 2.45) is 10.9 Å². The van der Waals surface area contributed by atoms with E-state index in [9.17, 15) is 14.4 Å². The molecule has 2 aromatic rings. The highest BCUT2D eigenvalue weighted by atomic mass is 16.2. The molecule has 232 valence electrons. The van der Waals surface area contributed by atoms with Gasteiger partial charge in [-0.05, 0) is 76.2 Å². The molecule has 0 aliphatic carbocycles. The number of aliphatic imine (C=N–C) groups is 1. The summed E-state index contributed by atoms with van der Waals surface area (Å²) in [7, 11) is 4.01. The van der Waals surface area contributed by atoms with Gasteiger partial charge in [-0.2, -0.15) is 0 Å². The molecule has 3 N–H and O–H groups in total. The van der Waals surface area contributed by atoms with Gasteiger partial charge in [-0.3, -0.25) is 14.6 Å². The lowest BCUT2D eigenvalue weighted by molar-refractivity contribution is -0.130. The Kier molecular flexibility index (Phi) is 9.20. The number of amidine groups is 1. The van der Waals surface area contributed by atoms with Crippen molar-refractivity contribution < 1.29 is 14.4 Å². The third-order valence-electron chi connectivity index (χ3n) is 8.81. The molecule has 3 aliphatic heterocycles. The summed E-state index contributed by atoms with van der Waals surface area (Å²) in [6, 6.07) is 17.4. The molecular formula is C34H43N7O3. The quantitative estimate of drug-likeness (QED) is 0.394. The molecule has 0 saturated carbocycles. The molecule has 5 rings (SSSR count). The first kappa shape index (κ1) is 31.0. The van der Waals surface area contributed by atoms with Crippen LogP contribution in [0.2, 0.25) is 0 Å². The van der Waals surface area contributed by atoms with Crippen LogP contribution in [0.15, 0.2) is 83.4 Å². The van der Waals surface area contributed by atoms with Crippen molar-refractivity contribution in [1.82, 2.24) is 20.0 Å². The maximum absolute atomic E-state index is 13.7. The van der Waals surface area contributed by atoms with Crippen LogP contribution in [0.3, 0.4) is 0 Å². The number of piperidine rings is 1. The van der Waals surface area contributed by atoms with Gasteiger partial charge in [0.05, 0.1) is 24.7 Å². The Labute approximate surface area is 259 Å². The zero-order chi connectivity index (χ0) is 31.4. The molecular weight excluding hydrogens is 554 g/mol. The van der Waals surface area contributed by atoms with Crippen molar-refractivity contribution in [3.8, 4) is 0 Å². The molecule has 0 unspecified atom stereocenters. The molecule has 2 aromatic carbocycles. The first-order chi connectivity index (χ1) is 21.1. The van der Waals surface area contributed by atoms with E-state index < -0.39 is 5.54 Å². The van der Waals surface area contributed by atoms with Gasteiger partial charge in [0.1, 0.15) is 5.84 Å². The van der Waals surface area contributed by atoms with Gasteiger partial charge in [-0.1, -0.05) is 43.0 Å². The smallest absolute Gasteiger partial charge is 0.318 e. The second-order valence-electron chi connectivity index (χ2n) is 12.4. The minimum Gasteiger partial charge on any atom is -0.340 e. The summed E-state index contributed by atoms with van der Waals surface area (Å²) < 4.78 is 0. The van der Waals surface area contributed by atoms with Gasteiger partial charge in [0, 0.05) is 42.5 Å². The van der Waals surface area contributed by atoms with Gasteiger partial charge in [0.25, 0.3) is 0 Å². The Morgan fingerprint density at radius 1 is 1.07 bits per heavy atom. The van der Waals surface area contributed by atoms with E-state index in [1.807, 2.05) is 73.6 Å². The maximum Gasteiger partial charge on any atom is 0.318 e. The van der Waals surface area contributed by atoms with Crippen LogP contribution in [0.25, 0.3) is 0 Å². The van der Waals surface area contributed by atoms with E-state index >= 15 is 0 Å². The Hall–Kier alpha value is -4.44. The third-order valence-corrected chi connectivity index (χ3v) is 8.81. The van der Waals surface area contributed by atoms with Crippen LogP contribution < -0.4 is 16.0 Å². The topological polar surface area (TPSA) is 109 Å². The fourth-order valence-corrected chi connectivity index (χ4v) is 6.24. The van der Waals surface area contributed by atoms with Crippen molar-refractivity contribution in [1.29, 1.82) is 0 Å². The summed E-state index contributed by atoms with van der Waals surface area (Å²) in [4.78, 5) is 49.0. The molecule has 4 amide bonds.